The summed E-state index contributed by atoms with van der Waals surface area (Å²) in [5.74, 6) is -2.04. The Morgan fingerprint density at radius 1 is 1.04 bits per heavy atom. The van der Waals surface area contributed by atoms with Gasteiger partial charge in [-0.05, 0) is 30.5 Å². The minimum Gasteiger partial charge on any atom is -0.432 e. The first-order chi connectivity index (χ1) is 11.9. The highest BCUT2D eigenvalue weighted by atomic mass is 19.1. The third kappa shape index (κ3) is 1.97. The molecule has 1 aromatic carbocycles. The van der Waals surface area contributed by atoms with E-state index < -0.39 is 28.8 Å². The third-order valence-electron chi connectivity index (χ3n) is 5.72. The van der Waals surface area contributed by atoms with Crippen molar-refractivity contribution in [2.75, 3.05) is 7.05 Å². The molecule has 0 radical (unpaired) electrons. The van der Waals surface area contributed by atoms with E-state index in [1.165, 1.54) is 35.2 Å². The van der Waals surface area contributed by atoms with Crippen LogP contribution in [0.3, 0.4) is 0 Å². The maximum absolute atomic E-state index is 13.5. The first kappa shape index (κ1) is 16.0. The molecule has 1 aromatic rings. The molecule has 2 aliphatic heterocycles. The SMILES string of the molecule is CN1C(=O)C2(OC(=O)C=C2c2ccc(F)cc2)C(=O)C12CCCCC2. The van der Waals surface area contributed by atoms with Crippen molar-refractivity contribution in [3.63, 3.8) is 0 Å². The van der Waals surface area contributed by atoms with Gasteiger partial charge in [0, 0.05) is 18.7 Å². The Labute approximate surface area is 144 Å². The van der Waals surface area contributed by atoms with Crippen LogP contribution in [0.25, 0.3) is 5.57 Å². The van der Waals surface area contributed by atoms with Gasteiger partial charge < -0.3 is 9.64 Å². The molecule has 0 bridgehead atoms. The molecule has 3 aliphatic rings. The number of Topliss-reactive ketones (excluding diaryl/α,β-unsaturated/α-hetero) is 1. The van der Waals surface area contributed by atoms with Crippen LogP contribution in [-0.2, 0) is 19.1 Å². The van der Waals surface area contributed by atoms with E-state index in [0.29, 0.717) is 18.4 Å². The van der Waals surface area contributed by atoms with Crippen LogP contribution in [0.15, 0.2) is 30.3 Å². The van der Waals surface area contributed by atoms with Gasteiger partial charge in [-0.1, -0.05) is 31.4 Å². The van der Waals surface area contributed by atoms with Gasteiger partial charge in [-0.2, -0.15) is 0 Å². The summed E-state index contributed by atoms with van der Waals surface area (Å²) in [5.41, 5.74) is -2.20. The average molecular weight is 343 g/mol. The van der Waals surface area contributed by atoms with Gasteiger partial charge in [0.25, 0.3) is 11.5 Å². The Hall–Kier alpha value is -2.50. The van der Waals surface area contributed by atoms with Crippen molar-refractivity contribution in [3.05, 3.63) is 41.7 Å². The lowest BCUT2D eigenvalue weighted by atomic mass is 9.74. The van der Waals surface area contributed by atoms with E-state index in [1.807, 2.05) is 0 Å². The van der Waals surface area contributed by atoms with Crippen LogP contribution in [0.2, 0.25) is 0 Å². The highest BCUT2D eigenvalue weighted by molar-refractivity contribution is 6.31. The lowest BCUT2D eigenvalue weighted by Gasteiger charge is -2.37. The summed E-state index contributed by atoms with van der Waals surface area (Å²) in [6.45, 7) is 0. The van der Waals surface area contributed by atoms with Crippen molar-refractivity contribution >= 4 is 23.2 Å². The molecule has 4 rings (SSSR count). The predicted octanol–water partition coefficient (Wildman–Crippen LogP) is 2.25. The number of benzene rings is 1. The fourth-order valence-corrected chi connectivity index (χ4v) is 4.41. The van der Waals surface area contributed by atoms with Crippen molar-refractivity contribution in [2.45, 2.75) is 43.2 Å². The predicted molar refractivity (Wildman–Crippen MR) is 86.8 cm³/mol. The lowest BCUT2D eigenvalue weighted by Crippen LogP contribution is -2.50. The summed E-state index contributed by atoms with van der Waals surface area (Å²) in [4.78, 5) is 40.1. The van der Waals surface area contributed by atoms with Crippen molar-refractivity contribution < 1.29 is 23.5 Å². The number of carbonyl (C=O) groups excluding carboxylic acids is 3. The minimum absolute atomic E-state index is 0.210. The second-order valence-electron chi connectivity index (χ2n) is 6.95. The molecule has 2 spiro atoms. The Bertz CT molecular complexity index is 807. The summed E-state index contributed by atoms with van der Waals surface area (Å²) in [6, 6.07) is 5.38. The number of rotatable bonds is 1. The monoisotopic (exact) mass is 343 g/mol. The number of likely N-dealkylation sites (N-methyl/N-ethyl adjacent to an activating group) is 1. The van der Waals surface area contributed by atoms with Gasteiger partial charge in [0.2, 0.25) is 5.78 Å². The van der Waals surface area contributed by atoms with Crippen LogP contribution in [0.1, 0.15) is 37.7 Å². The number of amides is 1. The summed E-state index contributed by atoms with van der Waals surface area (Å²) in [6.07, 6.45) is 5.04. The van der Waals surface area contributed by atoms with E-state index in [-0.39, 0.29) is 11.4 Å². The molecule has 2 fully saturated rings. The number of nitrogens with zero attached hydrogens (tertiary/aromatic N) is 1. The van der Waals surface area contributed by atoms with Gasteiger partial charge >= 0.3 is 5.97 Å². The molecule has 1 aliphatic carbocycles. The molecule has 0 aromatic heterocycles. The first-order valence-corrected chi connectivity index (χ1v) is 8.46. The number of ketones is 1. The number of hydrogen-bond acceptors (Lipinski definition) is 4. The molecule has 6 heteroatoms. The van der Waals surface area contributed by atoms with Crippen LogP contribution in [-0.4, -0.2) is 40.7 Å². The van der Waals surface area contributed by atoms with Gasteiger partial charge in [-0.3, -0.25) is 9.59 Å². The third-order valence-corrected chi connectivity index (χ3v) is 5.72. The van der Waals surface area contributed by atoms with E-state index in [0.717, 1.165) is 19.3 Å². The molecule has 0 N–H and O–H groups in total. The Morgan fingerprint density at radius 2 is 1.68 bits per heavy atom. The Balaban J connectivity index is 1.86. The number of esters is 1. The fraction of sp³-hybridized carbons (Fsp3) is 0.421. The van der Waals surface area contributed by atoms with Gasteiger partial charge in [-0.15, -0.1) is 0 Å². The average Bonchev–Trinajstić information content (AvgIpc) is 3.04. The Morgan fingerprint density at radius 3 is 2.32 bits per heavy atom. The molecular weight excluding hydrogens is 325 g/mol. The zero-order chi connectivity index (χ0) is 17.8. The normalized spacial score (nSPS) is 28.0. The molecule has 5 nitrogen and oxygen atoms in total. The van der Waals surface area contributed by atoms with Crippen LogP contribution >= 0.6 is 0 Å². The number of ether oxygens (including phenoxy) is 1. The second-order valence-corrected chi connectivity index (χ2v) is 6.95. The zero-order valence-corrected chi connectivity index (χ0v) is 13.9. The van der Waals surface area contributed by atoms with Crippen LogP contribution in [0.5, 0.6) is 0 Å². The molecule has 1 saturated heterocycles. The van der Waals surface area contributed by atoms with Crippen LogP contribution in [0.4, 0.5) is 4.39 Å². The van der Waals surface area contributed by atoms with Crippen LogP contribution in [0, 0.1) is 5.82 Å². The number of likely N-dealkylation sites (tertiary alicyclic amines) is 1. The summed E-state index contributed by atoms with van der Waals surface area (Å²) < 4.78 is 18.6. The first-order valence-electron chi connectivity index (χ1n) is 8.46. The largest absolute Gasteiger partial charge is 0.432 e. The van der Waals surface area contributed by atoms with Gasteiger partial charge in [0.05, 0.1) is 0 Å². The van der Waals surface area contributed by atoms with E-state index >= 15 is 0 Å². The molecule has 1 saturated carbocycles. The second kappa shape index (κ2) is 5.25. The standard InChI is InChI=1S/C19H18FNO4/c1-21-17(24)19(16(23)18(21)9-3-2-4-10-18)14(11-15(22)25-19)12-5-7-13(20)8-6-12/h5-8,11H,2-4,9-10H2,1H3. The molecule has 25 heavy (non-hydrogen) atoms. The van der Waals surface area contributed by atoms with Gasteiger partial charge in [0.15, 0.2) is 0 Å². The number of halogens is 1. The minimum atomic E-state index is -1.93. The summed E-state index contributed by atoms with van der Waals surface area (Å²) in [5, 5.41) is 0. The van der Waals surface area contributed by atoms with E-state index in [9.17, 15) is 18.8 Å². The van der Waals surface area contributed by atoms with Gasteiger partial charge in [-0.25, -0.2) is 9.18 Å². The topological polar surface area (TPSA) is 63.7 Å². The quantitative estimate of drug-likeness (QED) is 0.580. The number of carbonyl (C=O) groups is 3. The highest BCUT2D eigenvalue weighted by Gasteiger charge is 2.71. The van der Waals surface area contributed by atoms with E-state index in [2.05, 4.69) is 0 Å². The molecule has 1 atom stereocenters. The van der Waals surface area contributed by atoms with Gasteiger partial charge in [0.1, 0.15) is 11.4 Å². The Kier molecular flexibility index (Phi) is 3.36. The van der Waals surface area contributed by atoms with Crippen molar-refractivity contribution in [3.8, 4) is 0 Å². The zero-order valence-electron chi connectivity index (χ0n) is 13.9. The molecular formula is C19H18FNO4. The van der Waals surface area contributed by atoms with Crippen molar-refractivity contribution in [1.29, 1.82) is 0 Å². The van der Waals surface area contributed by atoms with Crippen molar-refractivity contribution in [1.82, 2.24) is 4.90 Å². The lowest BCUT2D eigenvalue weighted by molar-refractivity contribution is -0.159. The fourth-order valence-electron chi connectivity index (χ4n) is 4.41. The number of hydrogen-bond donors (Lipinski definition) is 0. The van der Waals surface area contributed by atoms with E-state index in [4.69, 9.17) is 4.74 Å². The summed E-state index contributed by atoms with van der Waals surface area (Å²) in [7, 11) is 1.61. The maximum atomic E-state index is 13.5. The highest BCUT2D eigenvalue weighted by Crippen LogP contribution is 2.50. The molecule has 2 heterocycles. The van der Waals surface area contributed by atoms with E-state index in [1.54, 1.807) is 7.05 Å². The smallest absolute Gasteiger partial charge is 0.333 e. The summed E-state index contributed by atoms with van der Waals surface area (Å²) >= 11 is 0. The van der Waals surface area contributed by atoms with Crippen LogP contribution < -0.4 is 0 Å². The maximum Gasteiger partial charge on any atom is 0.333 e. The molecule has 130 valence electrons. The van der Waals surface area contributed by atoms with Crippen molar-refractivity contribution in [2.24, 2.45) is 0 Å². The molecule has 1 unspecified atom stereocenters. The molecule has 1 amide bonds.